The number of nitrogens with one attached hydrogen (secondary N) is 1. The molecule has 0 bridgehead atoms. The van der Waals surface area contributed by atoms with Gasteiger partial charge in [-0.25, -0.2) is 8.78 Å². The Balaban J connectivity index is 0.837. The molecule has 0 spiro atoms. The topological polar surface area (TPSA) is 166 Å². The van der Waals surface area contributed by atoms with Crippen molar-refractivity contribution in [1.29, 1.82) is 0 Å². The summed E-state index contributed by atoms with van der Waals surface area (Å²) >= 11 is 0. The molecular formula is C44H46F2N10O6. The van der Waals surface area contributed by atoms with Crippen LogP contribution in [0.3, 0.4) is 0 Å². The molecule has 2 fully saturated rings. The molecule has 10 rings (SSSR count). The predicted molar refractivity (Wildman–Crippen MR) is 218 cm³/mol. The van der Waals surface area contributed by atoms with Crippen LogP contribution in [-0.2, 0) is 58.7 Å². The fourth-order valence-corrected chi connectivity index (χ4v) is 10.3. The highest BCUT2D eigenvalue weighted by molar-refractivity contribution is 6.23. The third kappa shape index (κ3) is 6.74. The van der Waals surface area contributed by atoms with Gasteiger partial charge in [0.2, 0.25) is 23.6 Å². The van der Waals surface area contributed by atoms with Crippen LogP contribution in [0.1, 0.15) is 106 Å². The highest BCUT2D eigenvalue weighted by Gasteiger charge is 2.46. The van der Waals surface area contributed by atoms with Crippen LogP contribution in [0.5, 0.6) is 0 Å². The van der Waals surface area contributed by atoms with E-state index in [1.807, 2.05) is 15.9 Å². The van der Waals surface area contributed by atoms with E-state index >= 15 is 0 Å². The summed E-state index contributed by atoms with van der Waals surface area (Å²) in [5.41, 5.74) is 6.81. The highest BCUT2D eigenvalue weighted by Crippen LogP contribution is 2.44. The lowest BCUT2D eigenvalue weighted by atomic mass is 9.92. The second-order valence-electron chi connectivity index (χ2n) is 17.3. The lowest BCUT2D eigenvalue weighted by molar-refractivity contribution is -0.136. The average Bonchev–Trinajstić information content (AvgIpc) is 4.03. The van der Waals surface area contributed by atoms with Gasteiger partial charge in [-0.15, -0.1) is 0 Å². The minimum Gasteiger partial charge on any atom is -0.341 e. The molecule has 0 radical (unpaired) electrons. The first-order chi connectivity index (χ1) is 29.8. The van der Waals surface area contributed by atoms with Crippen molar-refractivity contribution in [1.82, 2.24) is 44.5 Å². The van der Waals surface area contributed by atoms with Gasteiger partial charge in [0.1, 0.15) is 6.04 Å². The molecule has 322 valence electrons. The van der Waals surface area contributed by atoms with E-state index in [9.17, 15) is 37.5 Å². The van der Waals surface area contributed by atoms with Crippen molar-refractivity contribution in [3.8, 4) is 11.1 Å². The Morgan fingerprint density at radius 2 is 1.55 bits per heavy atom. The van der Waals surface area contributed by atoms with Crippen molar-refractivity contribution < 1.29 is 37.5 Å². The molecule has 1 unspecified atom stereocenters. The minimum atomic E-state index is -2.70. The van der Waals surface area contributed by atoms with Crippen molar-refractivity contribution in [2.75, 3.05) is 37.6 Å². The zero-order valence-corrected chi connectivity index (χ0v) is 34.5. The van der Waals surface area contributed by atoms with Crippen LogP contribution < -0.4 is 10.2 Å². The summed E-state index contributed by atoms with van der Waals surface area (Å²) in [5.74, 6) is -1.57. The average molecular weight is 849 g/mol. The maximum absolute atomic E-state index is 14.7. The predicted octanol–water partition coefficient (Wildman–Crippen LogP) is 3.79. The number of nitrogens with zero attached hydrogens (tertiary/aromatic N) is 9. The lowest BCUT2D eigenvalue weighted by Crippen LogP contribution is -2.54. The molecular weight excluding hydrogens is 803 g/mol. The normalized spacial score (nSPS) is 20.5. The molecule has 1 atom stereocenters. The van der Waals surface area contributed by atoms with E-state index in [1.165, 1.54) is 0 Å². The number of likely N-dealkylation sites (tertiary alicyclic amines) is 1. The molecule has 2 aromatic heterocycles. The van der Waals surface area contributed by atoms with Gasteiger partial charge in [0.25, 0.3) is 18.2 Å². The van der Waals surface area contributed by atoms with Gasteiger partial charge in [-0.1, -0.05) is 0 Å². The van der Waals surface area contributed by atoms with E-state index in [4.69, 9.17) is 5.10 Å². The lowest BCUT2D eigenvalue weighted by Gasteiger charge is -2.34. The maximum atomic E-state index is 14.7. The Hall–Kier alpha value is -6.30. The summed E-state index contributed by atoms with van der Waals surface area (Å²) in [4.78, 5) is 86.0. The molecule has 18 heteroatoms. The Morgan fingerprint density at radius 3 is 2.19 bits per heavy atom. The van der Waals surface area contributed by atoms with Gasteiger partial charge in [0.05, 0.1) is 36.5 Å². The van der Waals surface area contributed by atoms with Gasteiger partial charge in [-0.3, -0.25) is 53.2 Å². The molecule has 2 saturated heterocycles. The number of carbonyl (C=O) groups is 6. The van der Waals surface area contributed by atoms with Gasteiger partial charge < -0.3 is 14.7 Å². The third-order valence-electron chi connectivity index (χ3n) is 13.5. The molecule has 6 aliphatic heterocycles. The van der Waals surface area contributed by atoms with Crippen molar-refractivity contribution >= 4 is 46.9 Å². The van der Waals surface area contributed by atoms with E-state index in [0.717, 1.165) is 45.7 Å². The van der Waals surface area contributed by atoms with E-state index in [0.29, 0.717) is 87.7 Å². The number of halogens is 2. The molecule has 6 amide bonds. The number of fused-ring (bicyclic) bond motifs is 4. The van der Waals surface area contributed by atoms with Crippen LogP contribution in [-0.4, -0.2) is 113 Å². The van der Waals surface area contributed by atoms with Gasteiger partial charge >= 0.3 is 0 Å². The number of aryl methyl sites for hydroxylation is 2. The largest absolute Gasteiger partial charge is 0.341 e. The number of rotatable bonds is 7. The van der Waals surface area contributed by atoms with E-state index in [-0.39, 0.29) is 53.9 Å². The van der Waals surface area contributed by atoms with Gasteiger partial charge in [0, 0.05) is 100 Å². The van der Waals surface area contributed by atoms with Gasteiger partial charge in [-0.2, -0.15) is 10.2 Å². The number of anilines is 2. The smallest absolute Gasteiger partial charge is 0.264 e. The summed E-state index contributed by atoms with van der Waals surface area (Å²) < 4.78 is 33.1. The molecule has 8 heterocycles. The summed E-state index contributed by atoms with van der Waals surface area (Å²) in [6.07, 6.45) is 4.24. The first-order valence-electron chi connectivity index (χ1n) is 21.3. The second kappa shape index (κ2) is 15.3. The van der Waals surface area contributed by atoms with E-state index in [2.05, 4.69) is 20.0 Å². The second-order valence-corrected chi connectivity index (χ2v) is 17.3. The van der Waals surface area contributed by atoms with Crippen LogP contribution in [0, 0.1) is 0 Å². The summed E-state index contributed by atoms with van der Waals surface area (Å²) in [6, 6.07) is 5.82. The summed E-state index contributed by atoms with van der Waals surface area (Å²) in [7, 11) is 1.76. The SMILES string of the molecule is CC(=O)N1CCc2c(c(N3CCCc4cc(-c5cnn(C)c5)c(C(F)F)cc43)nn2C2CCN(C(=O)CN3Cc4cc5c(cc4C3)C(=O)N(C3CCC(=O)NC3=O)C5=O)CC2)C1. The highest BCUT2D eigenvalue weighted by atomic mass is 19.3. The van der Waals surface area contributed by atoms with Crippen molar-refractivity contribution in [3.63, 3.8) is 0 Å². The molecule has 1 N–H and O–H groups in total. The van der Waals surface area contributed by atoms with Crippen molar-refractivity contribution in [2.24, 2.45) is 7.05 Å². The zero-order chi connectivity index (χ0) is 43.1. The monoisotopic (exact) mass is 848 g/mol. The summed E-state index contributed by atoms with van der Waals surface area (Å²) in [6.45, 7) is 5.11. The van der Waals surface area contributed by atoms with E-state index < -0.39 is 36.1 Å². The number of imide groups is 2. The number of carbonyl (C=O) groups excluding carboxylic acids is 6. The quantitative estimate of drug-likeness (QED) is 0.271. The first-order valence-corrected chi connectivity index (χ1v) is 21.3. The number of benzene rings is 2. The summed E-state index contributed by atoms with van der Waals surface area (Å²) in [5, 5.41) is 11.7. The Bertz CT molecular complexity index is 2550. The van der Waals surface area contributed by atoms with Gasteiger partial charge in [0.15, 0.2) is 5.82 Å². The standard InChI is InChI=1S/C44H46F2N10O6/c1-24(57)53-13-9-35-34(22-53)41(54-10-3-4-25-14-30(28-18-47-50(2)19-28)31(40(45)46)17-37(25)54)49-56(35)29-7-11-52(12-8-29)39(59)23-51-20-26-15-32-33(16-27(26)21-51)44(62)55(43(32)61)36-5-6-38(58)48-42(36)60/h14-19,29,36,40H,3-13,20-23H2,1-2H3,(H,48,58,60). The Morgan fingerprint density at radius 1 is 0.839 bits per heavy atom. The Labute approximate surface area is 355 Å². The molecule has 6 aliphatic rings. The third-order valence-corrected chi connectivity index (χ3v) is 13.5. The van der Waals surface area contributed by atoms with Crippen LogP contribution in [0.4, 0.5) is 20.3 Å². The van der Waals surface area contributed by atoms with Crippen molar-refractivity contribution in [3.05, 3.63) is 81.3 Å². The van der Waals surface area contributed by atoms with Crippen LogP contribution in [0.25, 0.3) is 11.1 Å². The molecule has 0 saturated carbocycles. The number of alkyl halides is 2. The Kier molecular flexibility index (Phi) is 9.79. The number of amides is 6. The number of hydrogen-bond donors (Lipinski definition) is 1. The van der Waals surface area contributed by atoms with Crippen LogP contribution in [0.15, 0.2) is 36.7 Å². The molecule has 62 heavy (non-hydrogen) atoms. The minimum absolute atomic E-state index is 0.00693. The molecule has 0 aliphatic carbocycles. The fraction of sp³-hybridized carbons (Fsp3) is 0.455. The van der Waals surface area contributed by atoms with Crippen LogP contribution in [0.2, 0.25) is 0 Å². The number of aromatic nitrogens is 4. The zero-order valence-electron chi connectivity index (χ0n) is 34.5. The first kappa shape index (κ1) is 39.8. The molecule has 4 aromatic rings. The molecule has 2 aromatic carbocycles. The number of hydrogen-bond acceptors (Lipinski definition) is 10. The van der Waals surface area contributed by atoms with Gasteiger partial charge in [-0.05, 0) is 78.6 Å². The maximum Gasteiger partial charge on any atom is 0.264 e. The fourth-order valence-electron chi connectivity index (χ4n) is 10.3. The van der Waals surface area contributed by atoms with Crippen molar-refractivity contribution in [2.45, 2.75) is 90.0 Å². The van der Waals surface area contributed by atoms with Crippen LogP contribution >= 0.6 is 0 Å². The molecule has 16 nitrogen and oxygen atoms in total. The number of piperidine rings is 2. The van der Waals surface area contributed by atoms with E-state index in [1.54, 1.807) is 54.1 Å².